The van der Waals surface area contributed by atoms with Gasteiger partial charge in [-0.3, -0.25) is 4.98 Å². The molecule has 90 valence electrons. The van der Waals surface area contributed by atoms with Crippen molar-refractivity contribution in [1.82, 2.24) is 4.98 Å². The average molecular weight is 242 g/mol. The molecule has 1 unspecified atom stereocenters. The number of hydrogen-bond donors (Lipinski definition) is 1. The second kappa shape index (κ2) is 4.10. The van der Waals surface area contributed by atoms with Crippen molar-refractivity contribution in [3.63, 3.8) is 0 Å². The third kappa shape index (κ3) is 1.69. The van der Waals surface area contributed by atoms with Crippen molar-refractivity contribution in [3.05, 3.63) is 42.2 Å². The number of aliphatic carboxylic acids is 1. The van der Waals surface area contributed by atoms with Gasteiger partial charge >= 0.3 is 5.97 Å². The van der Waals surface area contributed by atoms with E-state index >= 15 is 0 Å². The van der Waals surface area contributed by atoms with E-state index in [1.54, 1.807) is 12.4 Å². The minimum Gasteiger partial charge on any atom is -0.478 e. The number of hydrogen-bond acceptors (Lipinski definition) is 4. The Morgan fingerprint density at radius 3 is 2.94 bits per heavy atom. The molecule has 1 N–H and O–H groups in total. The Morgan fingerprint density at radius 2 is 2.17 bits per heavy atom. The van der Waals surface area contributed by atoms with Gasteiger partial charge in [0, 0.05) is 29.8 Å². The number of pyridine rings is 1. The molecule has 0 spiro atoms. The highest BCUT2D eigenvalue weighted by atomic mass is 16.7. The molecule has 0 radical (unpaired) electrons. The monoisotopic (exact) mass is 242 g/mol. The molecule has 1 aromatic carbocycles. The van der Waals surface area contributed by atoms with Crippen LogP contribution in [0.15, 0.2) is 41.8 Å². The summed E-state index contributed by atoms with van der Waals surface area (Å²) in [6.07, 6.45) is 2.84. The van der Waals surface area contributed by atoms with Crippen molar-refractivity contribution < 1.29 is 14.7 Å². The predicted octanol–water partition coefficient (Wildman–Crippen LogP) is 1.81. The topological polar surface area (TPSA) is 71.8 Å². The van der Waals surface area contributed by atoms with Crippen LogP contribution in [0.2, 0.25) is 0 Å². The molecule has 0 saturated carbocycles. The van der Waals surface area contributed by atoms with E-state index in [9.17, 15) is 4.79 Å². The first-order valence-electron chi connectivity index (χ1n) is 5.54. The average Bonchev–Trinajstić information content (AvgIpc) is 2.87. The number of carboxylic acids is 1. The summed E-state index contributed by atoms with van der Waals surface area (Å²) in [7, 11) is 0. The minimum atomic E-state index is -0.998. The first-order valence-corrected chi connectivity index (χ1v) is 5.54. The van der Waals surface area contributed by atoms with Crippen molar-refractivity contribution in [2.75, 3.05) is 0 Å². The van der Waals surface area contributed by atoms with E-state index in [4.69, 9.17) is 9.94 Å². The second-order valence-electron chi connectivity index (χ2n) is 4.08. The van der Waals surface area contributed by atoms with Gasteiger partial charge in [0.2, 0.25) is 6.10 Å². The summed E-state index contributed by atoms with van der Waals surface area (Å²) in [6.45, 7) is 0. The first kappa shape index (κ1) is 10.7. The Bertz CT molecular complexity index is 646. The molecule has 0 amide bonds. The van der Waals surface area contributed by atoms with Crippen LogP contribution >= 0.6 is 0 Å². The van der Waals surface area contributed by atoms with Crippen molar-refractivity contribution in [3.8, 4) is 0 Å². The van der Waals surface area contributed by atoms with E-state index in [-0.39, 0.29) is 6.42 Å². The lowest BCUT2D eigenvalue weighted by atomic mass is 10.0. The summed E-state index contributed by atoms with van der Waals surface area (Å²) in [5, 5.41) is 14.7. The van der Waals surface area contributed by atoms with Gasteiger partial charge in [-0.25, -0.2) is 4.79 Å². The van der Waals surface area contributed by atoms with Crippen molar-refractivity contribution in [2.24, 2.45) is 5.16 Å². The molecule has 0 saturated heterocycles. The fraction of sp³-hybridized carbons (Fsp3) is 0.154. The van der Waals surface area contributed by atoms with Crippen LogP contribution in [0.5, 0.6) is 0 Å². The number of aromatic nitrogens is 1. The molecule has 2 aromatic rings. The highest BCUT2D eigenvalue weighted by Gasteiger charge is 2.29. The fourth-order valence-electron chi connectivity index (χ4n) is 2.02. The molecular formula is C13H10N2O3. The van der Waals surface area contributed by atoms with Gasteiger partial charge in [0.05, 0.1) is 5.71 Å². The molecule has 1 aliphatic rings. The van der Waals surface area contributed by atoms with Crippen LogP contribution < -0.4 is 0 Å². The minimum absolute atomic E-state index is 0.269. The number of carboxylic acid groups (broad SMARTS) is 1. The summed E-state index contributed by atoms with van der Waals surface area (Å²) in [6, 6.07) is 7.78. The third-order valence-corrected chi connectivity index (χ3v) is 2.92. The summed E-state index contributed by atoms with van der Waals surface area (Å²) in [4.78, 5) is 19.9. The van der Waals surface area contributed by atoms with Gasteiger partial charge in [-0.1, -0.05) is 29.4 Å². The zero-order valence-electron chi connectivity index (χ0n) is 9.41. The fourth-order valence-corrected chi connectivity index (χ4v) is 2.02. The Labute approximate surface area is 103 Å². The maximum absolute atomic E-state index is 10.8. The van der Waals surface area contributed by atoms with E-state index in [0.29, 0.717) is 5.71 Å². The van der Waals surface area contributed by atoms with Gasteiger partial charge in [0.1, 0.15) is 0 Å². The van der Waals surface area contributed by atoms with Crippen LogP contribution in [-0.2, 0) is 9.63 Å². The summed E-state index contributed by atoms with van der Waals surface area (Å²) in [5.74, 6) is -0.998. The van der Waals surface area contributed by atoms with Crippen molar-refractivity contribution >= 4 is 22.5 Å². The lowest BCUT2D eigenvalue weighted by Crippen LogP contribution is -2.19. The Kier molecular flexibility index (Phi) is 2.44. The van der Waals surface area contributed by atoms with E-state index in [2.05, 4.69) is 10.1 Å². The lowest BCUT2D eigenvalue weighted by molar-refractivity contribution is -0.148. The summed E-state index contributed by atoms with van der Waals surface area (Å²) < 4.78 is 0. The van der Waals surface area contributed by atoms with Crippen molar-refractivity contribution in [1.29, 1.82) is 0 Å². The van der Waals surface area contributed by atoms with Gasteiger partial charge in [0.25, 0.3) is 0 Å². The lowest BCUT2D eigenvalue weighted by Gasteiger charge is -2.04. The van der Waals surface area contributed by atoms with Crippen LogP contribution in [0.3, 0.4) is 0 Å². The van der Waals surface area contributed by atoms with E-state index in [0.717, 1.165) is 16.3 Å². The molecule has 2 heterocycles. The number of fused-ring (bicyclic) bond motifs is 1. The second-order valence-corrected chi connectivity index (χ2v) is 4.08. The van der Waals surface area contributed by atoms with E-state index in [1.165, 1.54) is 0 Å². The maximum Gasteiger partial charge on any atom is 0.348 e. The number of oxime groups is 1. The smallest absolute Gasteiger partial charge is 0.348 e. The van der Waals surface area contributed by atoms with Crippen molar-refractivity contribution in [2.45, 2.75) is 12.5 Å². The summed E-state index contributed by atoms with van der Waals surface area (Å²) >= 11 is 0. The number of benzene rings is 1. The van der Waals surface area contributed by atoms with Gasteiger partial charge in [-0.2, -0.15) is 0 Å². The predicted molar refractivity (Wildman–Crippen MR) is 65.4 cm³/mol. The molecular weight excluding hydrogens is 232 g/mol. The van der Waals surface area contributed by atoms with Gasteiger partial charge < -0.3 is 9.94 Å². The maximum atomic E-state index is 10.8. The molecule has 0 fully saturated rings. The number of carbonyl (C=O) groups is 1. The highest BCUT2D eigenvalue weighted by Crippen LogP contribution is 2.23. The quantitative estimate of drug-likeness (QED) is 0.871. The molecule has 5 nitrogen and oxygen atoms in total. The molecule has 0 bridgehead atoms. The normalized spacial score (nSPS) is 18.4. The van der Waals surface area contributed by atoms with Crippen LogP contribution in [0.25, 0.3) is 10.8 Å². The molecule has 5 heteroatoms. The van der Waals surface area contributed by atoms with Crippen LogP contribution in [0, 0.1) is 0 Å². The Balaban J connectivity index is 2.03. The van der Waals surface area contributed by atoms with E-state index in [1.807, 2.05) is 24.3 Å². The molecule has 18 heavy (non-hydrogen) atoms. The molecule has 0 aliphatic carbocycles. The summed E-state index contributed by atoms with van der Waals surface area (Å²) in [5.41, 5.74) is 1.46. The van der Waals surface area contributed by atoms with Gasteiger partial charge in [0.15, 0.2) is 0 Å². The van der Waals surface area contributed by atoms with Crippen LogP contribution in [0.4, 0.5) is 0 Å². The van der Waals surface area contributed by atoms with Gasteiger partial charge in [-0.15, -0.1) is 0 Å². The largest absolute Gasteiger partial charge is 0.478 e. The molecule has 3 rings (SSSR count). The van der Waals surface area contributed by atoms with Gasteiger partial charge in [-0.05, 0) is 5.39 Å². The van der Waals surface area contributed by atoms with Crippen LogP contribution in [-0.4, -0.2) is 27.9 Å². The molecule has 1 aromatic heterocycles. The standard InChI is InChI=1S/C13H10N2O3/c16-13(17)12-5-11(15-18-12)10-7-14-6-8-3-1-2-4-9(8)10/h1-4,6-7,12H,5H2,(H,16,17). The molecule has 1 atom stereocenters. The third-order valence-electron chi connectivity index (χ3n) is 2.92. The SMILES string of the molecule is O=C(O)C1CC(c2cncc3ccccc23)=NO1. The Hall–Kier alpha value is -2.43. The zero-order chi connectivity index (χ0) is 12.5. The number of rotatable bonds is 2. The van der Waals surface area contributed by atoms with Crippen LogP contribution in [0.1, 0.15) is 12.0 Å². The zero-order valence-corrected chi connectivity index (χ0v) is 9.41. The molecule has 1 aliphatic heterocycles. The highest BCUT2D eigenvalue weighted by molar-refractivity contribution is 6.11. The number of nitrogens with zero attached hydrogens (tertiary/aromatic N) is 2. The first-order chi connectivity index (χ1) is 8.75. The Morgan fingerprint density at radius 1 is 1.33 bits per heavy atom. The van der Waals surface area contributed by atoms with E-state index < -0.39 is 12.1 Å².